The summed E-state index contributed by atoms with van der Waals surface area (Å²) in [5, 5.41) is 11.1. The molecule has 0 spiro atoms. The lowest BCUT2D eigenvalue weighted by molar-refractivity contribution is 1.00. The van der Waals surface area contributed by atoms with E-state index in [0.717, 1.165) is 10.2 Å². The van der Waals surface area contributed by atoms with Gasteiger partial charge in [0.05, 0.1) is 16.6 Å². The van der Waals surface area contributed by atoms with E-state index >= 15 is 0 Å². The number of aryl methyl sites for hydroxylation is 1. The first-order valence-electron chi connectivity index (χ1n) is 3.14. The highest BCUT2D eigenvalue weighted by Gasteiger charge is 2.04. The second kappa shape index (κ2) is 2.53. The van der Waals surface area contributed by atoms with Crippen molar-refractivity contribution in [3.63, 3.8) is 0 Å². The first-order valence-corrected chi connectivity index (χ1v) is 4.81. The van der Waals surface area contributed by atoms with Gasteiger partial charge in [0.1, 0.15) is 0 Å². The number of fused-ring (bicyclic) bond motifs is 1. The molecule has 2 nitrogen and oxygen atoms in total. The van der Waals surface area contributed by atoms with E-state index in [9.17, 15) is 0 Å². The van der Waals surface area contributed by atoms with Crippen molar-refractivity contribution in [2.75, 3.05) is 0 Å². The molecule has 0 aliphatic heterocycles. The minimum Gasteiger partial charge on any atom is -0.157 e. The largest absolute Gasteiger partial charge is 0.157 e. The summed E-state index contributed by atoms with van der Waals surface area (Å²) in [7, 11) is 0. The van der Waals surface area contributed by atoms with Crippen molar-refractivity contribution in [3.8, 4) is 0 Å². The molecule has 2 rings (SSSR count). The molecule has 0 aliphatic carbocycles. The fraction of sp³-hybridized carbons (Fsp3) is 0.143. The van der Waals surface area contributed by atoms with Gasteiger partial charge in [-0.1, -0.05) is 0 Å². The van der Waals surface area contributed by atoms with Crippen molar-refractivity contribution in [3.05, 3.63) is 21.7 Å². The smallest absolute Gasteiger partial charge is 0.0698 e. The highest BCUT2D eigenvalue weighted by atomic mass is 79.9. The quantitative estimate of drug-likeness (QED) is 0.694. The Morgan fingerprint density at radius 1 is 1.55 bits per heavy atom. The Kier molecular flexibility index (Phi) is 1.65. The van der Waals surface area contributed by atoms with Crippen LogP contribution < -0.4 is 0 Å². The number of thiophene rings is 1. The van der Waals surface area contributed by atoms with Crippen molar-refractivity contribution in [2.45, 2.75) is 6.92 Å². The number of hydrogen-bond donors (Lipinski definition) is 0. The van der Waals surface area contributed by atoms with Gasteiger partial charge >= 0.3 is 0 Å². The molecule has 0 unspecified atom stereocenters. The Bertz CT molecular complexity index is 396. The van der Waals surface area contributed by atoms with E-state index < -0.39 is 0 Å². The summed E-state index contributed by atoms with van der Waals surface area (Å²) in [5.41, 5.74) is 0.982. The zero-order chi connectivity index (χ0) is 7.84. The molecule has 0 fully saturated rings. The maximum absolute atomic E-state index is 3.97. The normalized spacial score (nSPS) is 10.7. The number of nitrogens with zero attached hydrogens (tertiary/aromatic N) is 2. The molecule has 4 heteroatoms. The molecule has 0 amide bonds. The minimum atomic E-state index is 0.982. The molecule has 0 atom stereocenters. The van der Waals surface area contributed by atoms with E-state index in [1.165, 1.54) is 10.1 Å². The topological polar surface area (TPSA) is 25.8 Å². The van der Waals surface area contributed by atoms with Crippen molar-refractivity contribution in [2.24, 2.45) is 0 Å². The fourth-order valence-electron chi connectivity index (χ4n) is 1.01. The van der Waals surface area contributed by atoms with Gasteiger partial charge in [0, 0.05) is 15.2 Å². The molecule has 11 heavy (non-hydrogen) atoms. The third-order valence-corrected chi connectivity index (χ3v) is 3.36. The van der Waals surface area contributed by atoms with Crippen LogP contribution in [-0.4, -0.2) is 10.2 Å². The van der Waals surface area contributed by atoms with Crippen LogP contribution in [-0.2, 0) is 0 Å². The van der Waals surface area contributed by atoms with Crippen LogP contribution in [0, 0.1) is 6.92 Å². The van der Waals surface area contributed by atoms with E-state index in [1.807, 2.05) is 6.92 Å². The molecule has 2 aromatic rings. The van der Waals surface area contributed by atoms with E-state index in [4.69, 9.17) is 0 Å². The lowest BCUT2D eigenvalue weighted by atomic mass is 10.3. The van der Waals surface area contributed by atoms with E-state index in [-0.39, 0.29) is 0 Å². The molecule has 0 saturated heterocycles. The van der Waals surface area contributed by atoms with Crippen LogP contribution >= 0.6 is 27.3 Å². The van der Waals surface area contributed by atoms with Crippen LogP contribution in [0.3, 0.4) is 0 Å². The summed E-state index contributed by atoms with van der Waals surface area (Å²) in [6.07, 6.45) is 1.79. The first-order chi connectivity index (χ1) is 5.29. The second-order valence-electron chi connectivity index (χ2n) is 2.25. The maximum atomic E-state index is 3.97. The van der Waals surface area contributed by atoms with Gasteiger partial charge in [-0.05, 0) is 22.9 Å². The van der Waals surface area contributed by atoms with Crippen molar-refractivity contribution in [1.82, 2.24) is 10.2 Å². The molecule has 0 radical (unpaired) electrons. The molecule has 0 N–H and O–H groups in total. The van der Waals surface area contributed by atoms with E-state index in [0.29, 0.717) is 0 Å². The number of aromatic nitrogens is 2. The lowest BCUT2D eigenvalue weighted by Gasteiger charge is -1.92. The van der Waals surface area contributed by atoms with Gasteiger partial charge in [0.25, 0.3) is 0 Å². The van der Waals surface area contributed by atoms with E-state index in [2.05, 4.69) is 31.5 Å². The van der Waals surface area contributed by atoms with Gasteiger partial charge in [-0.25, -0.2) is 0 Å². The maximum Gasteiger partial charge on any atom is 0.0698 e. The Morgan fingerprint density at radius 3 is 3.09 bits per heavy atom. The SMILES string of the molecule is Cc1nncc2scc(Br)c12. The van der Waals surface area contributed by atoms with Crippen molar-refractivity contribution in [1.29, 1.82) is 0 Å². The zero-order valence-corrected chi connectivity index (χ0v) is 8.24. The van der Waals surface area contributed by atoms with Crippen molar-refractivity contribution < 1.29 is 0 Å². The minimum absolute atomic E-state index is 0.982. The monoisotopic (exact) mass is 228 g/mol. The molecular formula is C7H5BrN2S. The average molecular weight is 229 g/mol. The van der Waals surface area contributed by atoms with Crippen LogP contribution in [0.4, 0.5) is 0 Å². The van der Waals surface area contributed by atoms with Gasteiger partial charge in [-0.3, -0.25) is 0 Å². The molecular weight excluding hydrogens is 224 g/mol. The molecule has 0 aromatic carbocycles. The summed E-state index contributed by atoms with van der Waals surface area (Å²) in [5.74, 6) is 0. The average Bonchev–Trinajstić information content (AvgIpc) is 2.34. The lowest BCUT2D eigenvalue weighted by Crippen LogP contribution is -1.84. The number of halogens is 1. The van der Waals surface area contributed by atoms with E-state index in [1.54, 1.807) is 17.5 Å². The molecule has 0 aliphatic rings. The Balaban J connectivity index is 2.96. The number of rotatable bonds is 0. The van der Waals surface area contributed by atoms with Gasteiger partial charge in [-0.2, -0.15) is 10.2 Å². The summed E-state index contributed by atoms with van der Waals surface area (Å²) in [6.45, 7) is 1.97. The zero-order valence-electron chi connectivity index (χ0n) is 5.84. The predicted octanol–water partition coefficient (Wildman–Crippen LogP) is 2.76. The Morgan fingerprint density at radius 2 is 2.36 bits per heavy atom. The molecule has 0 saturated carbocycles. The van der Waals surface area contributed by atoms with Gasteiger partial charge in [-0.15, -0.1) is 11.3 Å². The van der Waals surface area contributed by atoms with Crippen LogP contribution in [0.2, 0.25) is 0 Å². The van der Waals surface area contributed by atoms with Gasteiger partial charge < -0.3 is 0 Å². The highest BCUT2D eigenvalue weighted by Crippen LogP contribution is 2.30. The van der Waals surface area contributed by atoms with Gasteiger partial charge in [0.2, 0.25) is 0 Å². The van der Waals surface area contributed by atoms with Gasteiger partial charge in [0.15, 0.2) is 0 Å². The molecule has 2 heterocycles. The summed E-state index contributed by atoms with van der Waals surface area (Å²) >= 11 is 5.14. The summed E-state index contributed by atoms with van der Waals surface area (Å²) in [6, 6.07) is 0. The Labute approximate surface area is 76.4 Å². The molecule has 0 bridgehead atoms. The van der Waals surface area contributed by atoms with Crippen LogP contribution in [0.25, 0.3) is 10.1 Å². The third-order valence-electron chi connectivity index (χ3n) is 1.52. The Hall–Kier alpha value is -0.480. The summed E-state index contributed by atoms with van der Waals surface area (Å²) < 4.78 is 2.30. The predicted molar refractivity (Wildman–Crippen MR) is 49.9 cm³/mol. The standard InChI is InChI=1S/C7H5BrN2S/c1-4-7-5(8)3-11-6(7)2-9-10-4/h2-3H,1H3. The second-order valence-corrected chi connectivity index (χ2v) is 4.02. The first kappa shape index (κ1) is 7.18. The van der Waals surface area contributed by atoms with Crippen LogP contribution in [0.5, 0.6) is 0 Å². The van der Waals surface area contributed by atoms with Crippen LogP contribution in [0.1, 0.15) is 5.69 Å². The third kappa shape index (κ3) is 1.06. The fourth-order valence-corrected chi connectivity index (χ4v) is 2.76. The van der Waals surface area contributed by atoms with Crippen molar-refractivity contribution >= 4 is 37.4 Å². The molecule has 2 aromatic heterocycles. The van der Waals surface area contributed by atoms with Crippen LogP contribution in [0.15, 0.2) is 16.0 Å². The molecule has 56 valence electrons. The summed E-state index contributed by atoms with van der Waals surface area (Å²) in [4.78, 5) is 0. The number of hydrogen-bond acceptors (Lipinski definition) is 3. The highest BCUT2D eigenvalue weighted by molar-refractivity contribution is 9.10.